The van der Waals surface area contributed by atoms with Crippen molar-refractivity contribution in [2.24, 2.45) is 5.92 Å². The number of amides is 2. The zero-order valence-electron chi connectivity index (χ0n) is 18.3. The number of thioether (sulfide) groups is 1. The molecule has 0 aliphatic carbocycles. The van der Waals surface area contributed by atoms with E-state index in [1.54, 1.807) is 18.2 Å². The number of aryl methyl sites for hydroxylation is 2. The number of carbonyl (C=O) groups is 3. The molecule has 9 heteroatoms. The normalized spacial score (nSPS) is 17.7. The molecule has 2 atom stereocenters. The van der Waals surface area contributed by atoms with E-state index < -0.39 is 23.7 Å². The fraction of sp³-hybridized carbons (Fsp3) is 0.250. The van der Waals surface area contributed by atoms with Crippen molar-refractivity contribution in [2.75, 3.05) is 18.2 Å². The van der Waals surface area contributed by atoms with Crippen molar-refractivity contribution in [1.82, 2.24) is 5.32 Å². The van der Waals surface area contributed by atoms with Gasteiger partial charge in [-0.3, -0.25) is 14.4 Å². The molecule has 3 rings (SSSR count). The summed E-state index contributed by atoms with van der Waals surface area (Å²) in [4.78, 5) is 37.8. The number of ether oxygens (including phenoxy) is 1. The second-order valence-corrected chi connectivity index (χ2v) is 9.41. The molecule has 1 aliphatic heterocycles. The summed E-state index contributed by atoms with van der Waals surface area (Å²) in [5.41, 5.74) is 3.66. The van der Waals surface area contributed by atoms with Gasteiger partial charge in [0.05, 0.1) is 29.5 Å². The van der Waals surface area contributed by atoms with E-state index in [1.807, 2.05) is 38.1 Å². The number of halogens is 1. The van der Waals surface area contributed by atoms with E-state index in [9.17, 15) is 19.6 Å². The number of benzene rings is 2. The van der Waals surface area contributed by atoms with Crippen molar-refractivity contribution in [3.63, 3.8) is 0 Å². The van der Waals surface area contributed by atoms with Crippen molar-refractivity contribution in [3.05, 3.63) is 74.2 Å². The van der Waals surface area contributed by atoms with Gasteiger partial charge in [-0.1, -0.05) is 45.9 Å². The highest BCUT2D eigenvalue weighted by Gasteiger charge is 2.44. The van der Waals surface area contributed by atoms with Gasteiger partial charge in [0.1, 0.15) is 5.92 Å². The largest absolute Gasteiger partial charge is 0.468 e. The summed E-state index contributed by atoms with van der Waals surface area (Å²) in [5, 5.41) is 15.6. The summed E-state index contributed by atoms with van der Waals surface area (Å²) in [5.74, 6) is -3.67. The minimum Gasteiger partial charge on any atom is -0.468 e. The van der Waals surface area contributed by atoms with Crippen molar-refractivity contribution in [1.29, 1.82) is 5.26 Å². The molecule has 33 heavy (non-hydrogen) atoms. The van der Waals surface area contributed by atoms with Crippen LogP contribution in [-0.4, -0.2) is 30.6 Å². The number of allylic oxidation sites excluding steroid dienone is 1. The Hall–Kier alpha value is -3.09. The smallest absolute Gasteiger partial charge is 0.319 e. The van der Waals surface area contributed by atoms with Gasteiger partial charge >= 0.3 is 5.97 Å². The molecule has 0 saturated carbocycles. The van der Waals surface area contributed by atoms with Crippen molar-refractivity contribution in [3.8, 4) is 6.07 Å². The summed E-state index contributed by atoms with van der Waals surface area (Å²) in [6.45, 7) is 3.95. The molecule has 2 aromatic carbocycles. The Kier molecular flexibility index (Phi) is 7.95. The summed E-state index contributed by atoms with van der Waals surface area (Å²) >= 11 is 4.43. The van der Waals surface area contributed by atoms with Gasteiger partial charge in [0.2, 0.25) is 11.8 Å². The Bertz CT molecular complexity index is 1190. The van der Waals surface area contributed by atoms with E-state index in [4.69, 9.17) is 4.74 Å². The Labute approximate surface area is 204 Å². The number of nitrogens with one attached hydrogen (secondary N) is 2. The van der Waals surface area contributed by atoms with Crippen LogP contribution in [0.15, 0.2) is 57.5 Å². The third-order valence-electron chi connectivity index (χ3n) is 5.33. The van der Waals surface area contributed by atoms with Gasteiger partial charge in [-0.15, -0.1) is 0 Å². The van der Waals surface area contributed by atoms with Crippen LogP contribution in [-0.2, 0) is 19.1 Å². The maximum Gasteiger partial charge on any atom is 0.319 e. The minimum atomic E-state index is -1.22. The number of nitrogens with zero attached hydrogens (tertiary/aromatic N) is 1. The van der Waals surface area contributed by atoms with Crippen molar-refractivity contribution >= 4 is 51.2 Å². The monoisotopic (exact) mass is 527 g/mol. The molecule has 2 amide bonds. The molecule has 1 aliphatic rings. The Balaban J connectivity index is 1.88. The lowest BCUT2D eigenvalue weighted by Crippen LogP contribution is -2.44. The Morgan fingerprint density at radius 2 is 1.97 bits per heavy atom. The molecule has 7 nitrogen and oxygen atoms in total. The highest BCUT2D eigenvalue weighted by atomic mass is 79.9. The van der Waals surface area contributed by atoms with Crippen LogP contribution in [0.25, 0.3) is 0 Å². The highest BCUT2D eigenvalue weighted by molar-refractivity contribution is 9.10. The molecule has 170 valence electrons. The fourth-order valence-electron chi connectivity index (χ4n) is 3.53. The topological polar surface area (TPSA) is 108 Å². The number of anilines is 1. The molecule has 2 N–H and O–H groups in total. The quantitative estimate of drug-likeness (QED) is 0.431. The van der Waals surface area contributed by atoms with Crippen LogP contribution in [0.2, 0.25) is 0 Å². The fourth-order valence-corrected chi connectivity index (χ4v) is 4.80. The SMILES string of the molecule is COC(=O)[C@H]1C(=O)NC(SCC(=O)Nc2ccc(C)c(C)c2)=C(C#N)[C@H]1c1cccc(Br)c1. The molecule has 0 bridgehead atoms. The number of methoxy groups -OCH3 is 1. The number of carbonyl (C=O) groups excluding carboxylic acids is 3. The van der Waals surface area contributed by atoms with Gasteiger partial charge in [0, 0.05) is 16.1 Å². The molecule has 0 fully saturated rings. The predicted molar refractivity (Wildman–Crippen MR) is 130 cm³/mol. The molecule has 2 aromatic rings. The highest BCUT2D eigenvalue weighted by Crippen LogP contribution is 2.40. The van der Waals surface area contributed by atoms with Crippen LogP contribution in [0, 0.1) is 31.1 Å². The summed E-state index contributed by atoms with van der Waals surface area (Å²) in [7, 11) is 1.20. The molecule has 1 heterocycles. The van der Waals surface area contributed by atoms with E-state index in [-0.39, 0.29) is 22.3 Å². The van der Waals surface area contributed by atoms with Gasteiger partial charge in [-0.2, -0.15) is 5.26 Å². The van der Waals surface area contributed by atoms with E-state index in [0.29, 0.717) is 11.3 Å². The first-order chi connectivity index (χ1) is 15.7. The number of nitriles is 1. The van der Waals surface area contributed by atoms with Crippen molar-refractivity contribution < 1.29 is 19.1 Å². The molecular formula is C24H22BrN3O4S. The first-order valence-electron chi connectivity index (χ1n) is 10.0. The first-order valence-corrected chi connectivity index (χ1v) is 11.8. The number of hydrogen-bond acceptors (Lipinski definition) is 6. The molecule has 0 spiro atoms. The molecule has 0 saturated heterocycles. The van der Waals surface area contributed by atoms with Crippen LogP contribution in [0.4, 0.5) is 5.69 Å². The lowest BCUT2D eigenvalue weighted by Gasteiger charge is -2.31. The Morgan fingerprint density at radius 3 is 2.61 bits per heavy atom. The molecule has 0 unspecified atom stereocenters. The average molecular weight is 528 g/mol. The first kappa shape index (κ1) is 24.6. The minimum absolute atomic E-state index is 0.0260. The van der Waals surface area contributed by atoms with E-state index >= 15 is 0 Å². The lowest BCUT2D eigenvalue weighted by atomic mass is 9.78. The number of hydrogen-bond donors (Lipinski definition) is 2. The average Bonchev–Trinajstić information content (AvgIpc) is 2.79. The van der Waals surface area contributed by atoms with Crippen LogP contribution in [0.5, 0.6) is 0 Å². The summed E-state index contributed by atoms with van der Waals surface area (Å²) < 4.78 is 5.58. The number of esters is 1. The van der Waals surface area contributed by atoms with E-state index in [2.05, 4.69) is 32.6 Å². The maximum absolute atomic E-state index is 12.9. The lowest BCUT2D eigenvalue weighted by molar-refractivity contribution is -0.150. The van der Waals surface area contributed by atoms with Gasteiger partial charge in [-0.25, -0.2) is 0 Å². The Morgan fingerprint density at radius 1 is 1.21 bits per heavy atom. The standard InChI is InChI=1S/C24H22BrN3O4S/c1-13-7-8-17(9-14(13)2)27-19(29)12-33-23-18(11-26)20(15-5-4-6-16(25)10-15)21(22(30)28-23)24(31)32-3/h4-10,20-21H,12H2,1-3H3,(H,27,29)(H,28,30)/t20-,21-/m1/s1. The van der Waals surface area contributed by atoms with Crippen molar-refractivity contribution in [2.45, 2.75) is 19.8 Å². The molecular weight excluding hydrogens is 506 g/mol. The van der Waals surface area contributed by atoms with E-state index in [1.165, 1.54) is 7.11 Å². The van der Waals surface area contributed by atoms with Crippen LogP contribution >= 0.6 is 27.7 Å². The van der Waals surface area contributed by atoms with Crippen LogP contribution in [0.1, 0.15) is 22.6 Å². The summed E-state index contributed by atoms with van der Waals surface area (Å²) in [6, 6.07) is 14.8. The second-order valence-electron chi connectivity index (χ2n) is 7.51. The third-order valence-corrected chi connectivity index (χ3v) is 6.84. The summed E-state index contributed by atoms with van der Waals surface area (Å²) in [6.07, 6.45) is 0. The van der Waals surface area contributed by atoms with Crippen LogP contribution in [0.3, 0.4) is 0 Å². The molecule has 0 radical (unpaired) electrons. The van der Waals surface area contributed by atoms with Gasteiger partial charge in [0.25, 0.3) is 0 Å². The van der Waals surface area contributed by atoms with Gasteiger partial charge in [0.15, 0.2) is 0 Å². The third kappa shape index (κ3) is 5.64. The van der Waals surface area contributed by atoms with E-state index in [0.717, 1.165) is 27.4 Å². The zero-order valence-corrected chi connectivity index (χ0v) is 20.7. The predicted octanol–water partition coefficient (Wildman–Crippen LogP) is 4.18. The molecule has 0 aromatic heterocycles. The van der Waals surface area contributed by atoms with Gasteiger partial charge < -0.3 is 15.4 Å². The van der Waals surface area contributed by atoms with Gasteiger partial charge in [-0.05, 0) is 54.8 Å². The zero-order chi connectivity index (χ0) is 24.1. The maximum atomic E-state index is 12.9. The van der Waals surface area contributed by atoms with Crippen LogP contribution < -0.4 is 10.6 Å². The number of rotatable bonds is 6. The second kappa shape index (κ2) is 10.7.